The number of nitrogens with zero attached hydrogens (tertiary/aromatic N) is 2. The van der Waals surface area contributed by atoms with Crippen LogP contribution in [-0.2, 0) is 16.0 Å². The molecule has 1 aromatic carbocycles. The van der Waals surface area contributed by atoms with E-state index in [9.17, 15) is 18.4 Å². The molecule has 2 fully saturated rings. The number of benzene rings is 1. The summed E-state index contributed by atoms with van der Waals surface area (Å²) < 4.78 is 26.5. The SMILES string of the molecule is O=C(Cc1ccc(Cl)cc1)N1CCN(C(=O)C2CC(F)(F)CN2)CC1. The van der Waals surface area contributed by atoms with Crippen LogP contribution in [0, 0.1) is 0 Å². The van der Waals surface area contributed by atoms with Gasteiger partial charge in [0.25, 0.3) is 5.92 Å². The van der Waals surface area contributed by atoms with Crippen molar-refractivity contribution in [1.29, 1.82) is 0 Å². The molecule has 1 atom stereocenters. The monoisotopic (exact) mass is 371 g/mol. The molecule has 25 heavy (non-hydrogen) atoms. The van der Waals surface area contributed by atoms with Crippen LogP contribution < -0.4 is 5.32 Å². The van der Waals surface area contributed by atoms with Gasteiger partial charge in [-0.05, 0) is 17.7 Å². The van der Waals surface area contributed by atoms with E-state index in [0.717, 1.165) is 5.56 Å². The number of nitrogens with one attached hydrogen (secondary N) is 1. The lowest BCUT2D eigenvalue weighted by Crippen LogP contribution is -2.54. The third kappa shape index (κ3) is 4.46. The Hall–Kier alpha value is -1.73. The highest BCUT2D eigenvalue weighted by molar-refractivity contribution is 6.30. The standard InChI is InChI=1S/C17H20ClF2N3O2/c18-13-3-1-12(2-4-13)9-15(24)22-5-7-23(8-6-22)16(25)14-10-17(19,20)11-21-14/h1-4,14,21H,5-11H2. The summed E-state index contributed by atoms with van der Waals surface area (Å²) >= 11 is 5.83. The number of amides is 2. The van der Waals surface area contributed by atoms with E-state index in [0.29, 0.717) is 31.2 Å². The first kappa shape index (κ1) is 18.1. The smallest absolute Gasteiger partial charge is 0.262 e. The number of carbonyl (C=O) groups is 2. The minimum Gasteiger partial charge on any atom is -0.339 e. The molecule has 1 aromatic rings. The van der Waals surface area contributed by atoms with Gasteiger partial charge in [-0.15, -0.1) is 0 Å². The summed E-state index contributed by atoms with van der Waals surface area (Å²) in [5.74, 6) is -3.14. The van der Waals surface area contributed by atoms with Crippen molar-refractivity contribution in [2.75, 3.05) is 32.7 Å². The molecule has 2 amide bonds. The van der Waals surface area contributed by atoms with Crippen LogP contribution in [0.5, 0.6) is 0 Å². The van der Waals surface area contributed by atoms with E-state index in [2.05, 4.69) is 5.32 Å². The summed E-state index contributed by atoms with van der Waals surface area (Å²) in [5.41, 5.74) is 0.880. The van der Waals surface area contributed by atoms with E-state index in [1.165, 1.54) is 0 Å². The molecule has 1 unspecified atom stereocenters. The Morgan fingerprint density at radius 3 is 2.28 bits per heavy atom. The van der Waals surface area contributed by atoms with E-state index in [-0.39, 0.29) is 18.2 Å². The minimum atomic E-state index is -2.82. The van der Waals surface area contributed by atoms with Gasteiger partial charge in [-0.3, -0.25) is 14.9 Å². The van der Waals surface area contributed by atoms with Gasteiger partial charge in [-0.25, -0.2) is 8.78 Å². The predicted octanol–water partition coefficient (Wildman–Crippen LogP) is 1.55. The number of rotatable bonds is 3. The Morgan fingerprint density at radius 2 is 1.72 bits per heavy atom. The van der Waals surface area contributed by atoms with Gasteiger partial charge in [0, 0.05) is 37.6 Å². The molecular weight excluding hydrogens is 352 g/mol. The van der Waals surface area contributed by atoms with Gasteiger partial charge in [0.15, 0.2) is 0 Å². The molecule has 1 N–H and O–H groups in total. The Labute approximate surface area is 149 Å². The fourth-order valence-corrected chi connectivity index (χ4v) is 3.30. The Balaban J connectivity index is 1.49. The largest absolute Gasteiger partial charge is 0.339 e. The molecule has 0 saturated carbocycles. The van der Waals surface area contributed by atoms with Gasteiger partial charge < -0.3 is 9.80 Å². The second kappa shape index (κ2) is 7.25. The molecule has 8 heteroatoms. The van der Waals surface area contributed by atoms with Gasteiger partial charge in [0.05, 0.1) is 19.0 Å². The molecule has 2 aliphatic heterocycles. The lowest BCUT2D eigenvalue weighted by atomic mass is 10.1. The van der Waals surface area contributed by atoms with Crippen LogP contribution in [0.1, 0.15) is 12.0 Å². The van der Waals surface area contributed by atoms with E-state index >= 15 is 0 Å². The summed E-state index contributed by atoms with van der Waals surface area (Å²) in [7, 11) is 0. The van der Waals surface area contributed by atoms with E-state index < -0.39 is 24.9 Å². The average molecular weight is 372 g/mol. The van der Waals surface area contributed by atoms with Crippen molar-refractivity contribution in [2.45, 2.75) is 24.8 Å². The lowest BCUT2D eigenvalue weighted by molar-refractivity contribution is -0.140. The van der Waals surface area contributed by atoms with Crippen molar-refractivity contribution in [3.63, 3.8) is 0 Å². The molecule has 2 aliphatic rings. The molecule has 0 bridgehead atoms. The van der Waals surface area contributed by atoms with Gasteiger partial charge in [-0.1, -0.05) is 23.7 Å². The fraction of sp³-hybridized carbons (Fsp3) is 0.529. The highest BCUT2D eigenvalue weighted by Crippen LogP contribution is 2.26. The average Bonchev–Trinajstić information content (AvgIpc) is 2.96. The minimum absolute atomic E-state index is 0.0139. The van der Waals surface area contributed by atoms with Crippen LogP contribution in [0.2, 0.25) is 5.02 Å². The van der Waals surface area contributed by atoms with Crippen LogP contribution in [0.15, 0.2) is 24.3 Å². The number of hydrogen-bond acceptors (Lipinski definition) is 3. The molecule has 2 heterocycles. The molecule has 0 spiro atoms. The maximum atomic E-state index is 13.2. The van der Waals surface area contributed by atoms with Gasteiger partial charge >= 0.3 is 0 Å². The first-order valence-corrected chi connectivity index (χ1v) is 8.64. The van der Waals surface area contributed by atoms with Crippen molar-refractivity contribution in [2.24, 2.45) is 0 Å². The third-order valence-corrected chi connectivity index (χ3v) is 4.87. The molecule has 136 valence electrons. The summed E-state index contributed by atoms with van der Waals surface area (Å²) in [6, 6.07) is 6.28. The van der Waals surface area contributed by atoms with E-state index in [4.69, 9.17) is 11.6 Å². The lowest BCUT2D eigenvalue weighted by Gasteiger charge is -2.36. The molecule has 0 aromatic heterocycles. The topological polar surface area (TPSA) is 52.7 Å². The summed E-state index contributed by atoms with van der Waals surface area (Å²) in [5, 5.41) is 3.20. The van der Waals surface area contributed by atoms with Crippen molar-refractivity contribution in [3.8, 4) is 0 Å². The zero-order valence-electron chi connectivity index (χ0n) is 13.7. The van der Waals surface area contributed by atoms with Crippen LogP contribution in [0.3, 0.4) is 0 Å². The maximum absolute atomic E-state index is 13.2. The highest BCUT2D eigenvalue weighted by atomic mass is 35.5. The Bertz CT molecular complexity index is 646. The summed E-state index contributed by atoms with van der Waals surface area (Å²) in [6.45, 7) is 1.12. The first-order chi connectivity index (χ1) is 11.8. The summed E-state index contributed by atoms with van der Waals surface area (Å²) in [6.07, 6.45) is -0.178. The molecule has 0 radical (unpaired) electrons. The van der Waals surface area contributed by atoms with Gasteiger partial charge in [-0.2, -0.15) is 0 Å². The number of hydrogen-bond donors (Lipinski definition) is 1. The quantitative estimate of drug-likeness (QED) is 0.877. The number of carbonyl (C=O) groups excluding carboxylic acids is 2. The fourth-order valence-electron chi connectivity index (χ4n) is 3.18. The molecular formula is C17H20ClF2N3O2. The van der Waals surface area contributed by atoms with Gasteiger partial charge in [0.1, 0.15) is 0 Å². The van der Waals surface area contributed by atoms with Crippen molar-refractivity contribution in [3.05, 3.63) is 34.9 Å². The Morgan fingerprint density at radius 1 is 1.12 bits per heavy atom. The van der Waals surface area contributed by atoms with Crippen LogP contribution in [0.4, 0.5) is 8.78 Å². The maximum Gasteiger partial charge on any atom is 0.262 e. The van der Waals surface area contributed by atoms with Gasteiger partial charge in [0.2, 0.25) is 11.8 Å². The van der Waals surface area contributed by atoms with Crippen molar-refractivity contribution >= 4 is 23.4 Å². The number of alkyl halides is 2. The highest BCUT2D eigenvalue weighted by Gasteiger charge is 2.43. The second-order valence-electron chi connectivity index (χ2n) is 6.50. The second-order valence-corrected chi connectivity index (χ2v) is 6.94. The zero-order chi connectivity index (χ0) is 18.0. The van der Waals surface area contributed by atoms with Crippen LogP contribution in [-0.4, -0.2) is 66.3 Å². The van der Waals surface area contributed by atoms with E-state index in [1.54, 1.807) is 21.9 Å². The number of halogens is 3. The number of piperazine rings is 1. The molecule has 2 saturated heterocycles. The molecule has 5 nitrogen and oxygen atoms in total. The van der Waals surface area contributed by atoms with Crippen molar-refractivity contribution in [1.82, 2.24) is 15.1 Å². The Kier molecular flexibility index (Phi) is 5.24. The predicted molar refractivity (Wildman–Crippen MR) is 89.7 cm³/mol. The summed E-state index contributed by atoms with van der Waals surface area (Å²) in [4.78, 5) is 27.9. The van der Waals surface area contributed by atoms with Crippen LogP contribution in [0.25, 0.3) is 0 Å². The normalized spacial score (nSPS) is 22.9. The zero-order valence-corrected chi connectivity index (χ0v) is 14.4. The van der Waals surface area contributed by atoms with Crippen molar-refractivity contribution < 1.29 is 18.4 Å². The van der Waals surface area contributed by atoms with E-state index in [1.807, 2.05) is 12.1 Å². The molecule has 3 rings (SSSR count). The van der Waals surface area contributed by atoms with Crippen LogP contribution >= 0.6 is 11.6 Å². The third-order valence-electron chi connectivity index (χ3n) is 4.62. The first-order valence-electron chi connectivity index (χ1n) is 8.26. The molecule has 0 aliphatic carbocycles.